The molecule has 12 heavy (non-hydrogen) atoms. The van der Waals surface area contributed by atoms with Crippen molar-refractivity contribution in [3.05, 3.63) is 0 Å². The summed E-state index contributed by atoms with van der Waals surface area (Å²) in [5, 5.41) is 3.00. The Morgan fingerprint density at radius 1 is 1.33 bits per heavy atom. The van der Waals surface area contributed by atoms with E-state index in [4.69, 9.17) is 0 Å². The quantitative estimate of drug-likeness (QED) is 0.659. The van der Waals surface area contributed by atoms with Crippen molar-refractivity contribution in [3.8, 4) is 0 Å². The number of nitrogens with one attached hydrogen (secondary N) is 1. The molecule has 0 bridgehead atoms. The Kier molecular flexibility index (Phi) is 5.45. The van der Waals surface area contributed by atoms with Gasteiger partial charge in [-0.1, -0.05) is 0 Å². The molecule has 0 aliphatic heterocycles. The van der Waals surface area contributed by atoms with Crippen molar-refractivity contribution < 1.29 is 4.79 Å². The van der Waals surface area contributed by atoms with Crippen LogP contribution in [0.25, 0.3) is 0 Å². The smallest absolute Gasteiger partial charge is 0.319 e. The Bertz CT molecular complexity index is 138. The lowest BCUT2D eigenvalue weighted by atomic mass is 10.5. The van der Waals surface area contributed by atoms with Crippen molar-refractivity contribution in [2.75, 3.05) is 40.8 Å². The maximum atomic E-state index is 11.4. The number of hydrogen-bond acceptors (Lipinski definition) is 2. The Labute approximate surface area is 74.5 Å². The van der Waals surface area contributed by atoms with Gasteiger partial charge in [0.1, 0.15) is 0 Å². The van der Waals surface area contributed by atoms with Gasteiger partial charge in [0, 0.05) is 33.7 Å². The Morgan fingerprint density at radius 3 is 2.33 bits per heavy atom. The number of nitrogens with zero attached hydrogens (tertiary/aromatic N) is 2. The van der Waals surface area contributed by atoms with E-state index in [0.29, 0.717) is 0 Å². The molecule has 0 atom stereocenters. The second-order valence-electron chi connectivity index (χ2n) is 2.82. The Morgan fingerprint density at radius 2 is 1.92 bits per heavy atom. The SMILES string of the molecule is CCN(C)C(=O)N(C)CCNC. The Hall–Kier alpha value is -0.770. The highest BCUT2D eigenvalue weighted by molar-refractivity contribution is 5.73. The topological polar surface area (TPSA) is 35.6 Å². The van der Waals surface area contributed by atoms with Crippen molar-refractivity contribution in [1.29, 1.82) is 0 Å². The van der Waals surface area contributed by atoms with Crippen LogP contribution in [-0.2, 0) is 0 Å². The maximum Gasteiger partial charge on any atom is 0.319 e. The summed E-state index contributed by atoms with van der Waals surface area (Å²) in [6.45, 7) is 4.30. The van der Waals surface area contributed by atoms with Crippen LogP contribution >= 0.6 is 0 Å². The largest absolute Gasteiger partial charge is 0.328 e. The van der Waals surface area contributed by atoms with Crippen molar-refractivity contribution >= 4 is 6.03 Å². The molecule has 1 N–H and O–H groups in total. The first-order valence-electron chi connectivity index (χ1n) is 4.24. The monoisotopic (exact) mass is 173 g/mol. The molecule has 0 aliphatic carbocycles. The number of urea groups is 1. The zero-order chi connectivity index (χ0) is 9.56. The average molecular weight is 173 g/mol. The lowest BCUT2D eigenvalue weighted by molar-refractivity contribution is 0.176. The molecule has 0 saturated carbocycles. The van der Waals surface area contributed by atoms with Crippen LogP contribution in [0.15, 0.2) is 0 Å². The number of carbonyl (C=O) groups is 1. The molecule has 4 heteroatoms. The number of amides is 2. The molecule has 0 heterocycles. The van der Waals surface area contributed by atoms with Crippen LogP contribution in [-0.4, -0.2) is 56.6 Å². The molecule has 2 amide bonds. The van der Waals surface area contributed by atoms with E-state index in [1.165, 1.54) is 0 Å². The maximum absolute atomic E-state index is 11.4. The Balaban J connectivity index is 3.75. The van der Waals surface area contributed by atoms with E-state index < -0.39 is 0 Å². The third-order valence-corrected chi connectivity index (χ3v) is 1.82. The first-order chi connectivity index (χ1) is 5.63. The van der Waals surface area contributed by atoms with Crippen LogP contribution in [0.4, 0.5) is 4.79 Å². The van der Waals surface area contributed by atoms with Gasteiger partial charge < -0.3 is 15.1 Å². The number of hydrogen-bond donors (Lipinski definition) is 1. The molecule has 0 rings (SSSR count). The third kappa shape index (κ3) is 3.57. The van der Waals surface area contributed by atoms with Gasteiger partial charge in [0.05, 0.1) is 0 Å². The number of likely N-dealkylation sites (N-methyl/N-ethyl adjacent to an activating group) is 2. The van der Waals surface area contributed by atoms with E-state index >= 15 is 0 Å². The van der Waals surface area contributed by atoms with Crippen molar-refractivity contribution in [2.45, 2.75) is 6.92 Å². The van der Waals surface area contributed by atoms with Crippen LogP contribution in [0.5, 0.6) is 0 Å². The molecule has 72 valence electrons. The summed E-state index contributed by atoms with van der Waals surface area (Å²) in [6, 6.07) is 0.0766. The second-order valence-corrected chi connectivity index (χ2v) is 2.82. The van der Waals surface area contributed by atoms with Gasteiger partial charge in [-0.05, 0) is 14.0 Å². The average Bonchev–Trinajstić information content (AvgIpc) is 2.11. The van der Waals surface area contributed by atoms with E-state index in [-0.39, 0.29) is 6.03 Å². The molecule has 0 saturated heterocycles. The minimum Gasteiger partial charge on any atom is -0.328 e. The molecule has 0 unspecified atom stereocenters. The van der Waals surface area contributed by atoms with E-state index in [1.54, 1.807) is 16.8 Å². The summed E-state index contributed by atoms with van der Waals surface area (Å²) in [5.74, 6) is 0. The van der Waals surface area contributed by atoms with Gasteiger partial charge in [0.15, 0.2) is 0 Å². The minimum absolute atomic E-state index is 0.0766. The fraction of sp³-hybridized carbons (Fsp3) is 0.875. The first kappa shape index (κ1) is 11.2. The van der Waals surface area contributed by atoms with E-state index in [9.17, 15) is 4.79 Å². The standard InChI is InChI=1S/C8H19N3O/c1-5-10(3)8(12)11(4)7-6-9-2/h9H,5-7H2,1-4H3. The number of carbonyl (C=O) groups excluding carboxylic acids is 1. The van der Waals surface area contributed by atoms with Crippen LogP contribution in [0.2, 0.25) is 0 Å². The van der Waals surface area contributed by atoms with Gasteiger partial charge in [-0.15, -0.1) is 0 Å². The summed E-state index contributed by atoms with van der Waals surface area (Å²) in [7, 11) is 5.49. The molecule has 0 radical (unpaired) electrons. The predicted octanol–water partition coefficient (Wildman–Crippen LogP) is 0.209. The van der Waals surface area contributed by atoms with E-state index in [2.05, 4.69) is 5.32 Å². The van der Waals surface area contributed by atoms with Gasteiger partial charge in [-0.25, -0.2) is 4.79 Å². The predicted molar refractivity (Wildman–Crippen MR) is 50.3 cm³/mol. The lowest BCUT2D eigenvalue weighted by Crippen LogP contribution is -2.41. The van der Waals surface area contributed by atoms with E-state index in [1.807, 2.05) is 21.0 Å². The first-order valence-corrected chi connectivity index (χ1v) is 4.24. The normalized spacial score (nSPS) is 9.67. The van der Waals surface area contributed by atoms with Gasteiger partial charge in [0.25, 0.3) is 0 Å². The molecule has 0 spiro atoms. The molecule has 0 aromatic rings. The third-order valence-electron chi connectivity index (χ3n) is 1.82. The van der Waals surface area contributed by atoms with E-state index in [0.717, 1.165) is 19.6 Å². The molecule has 0 aromatic carbocycles. The fourth-order valence-electron chi connectivity index (χ4n) is 0.802. The van der Waals surface area contributed by atoms with Crippen LogP contribution in [0.3, 0.4) is 0 Å². The molecule has 0 aromatic heterocycles. The minimum atomic E-state index is 0.0766. The van der Waals surface area contributed by atoms with Crippen LogP contribution in [0, 0.1) is 0 Å². The molecular weight excluding hydrogens is 154 g/mol. The molecular formula is C8H19N3O. The van der Waals surface area contributed by atoms with Gasteiger partial charge in [-0.2, -0.15) is 0 Å². The highest BCUT2D eigenvalue weighted by atomic mass is 16.2. The highest BCUT2D eigenvalue weighted by Crippen LogP contribution is 1.91. The summed E-state index contributed by atoms with van der Waals surface area (Å²) in [4.78, 5) is 14.8. The molecule has 0 fully saturated rings. The summed E-state index contributed by atoms with van der Waals surface area (Å²) in [6.07, 6.45) is 0. The zero-order valence-corrected chi connectivity index (χ0v) is 8.42. The van der Waals surface area contributed by atoms with Crippen LogP contribution < -0.4 is 5.32 Å². The fourth-order valence-corrected chi connectivity index (χ4v) is 0.802. The van der Waals surface area contributed by atoms with Gasteiger partial charge >= 0.3 is 6.03 Å². The summed E-state index contributed by atoms with van der Waals surface area (Å²) < 4.78 is 0. The summed E-state index contributed by atoms with van der Waals surface area (Å²) >= 11 is 0. The summed E-state index contributed by atoms with van der Waals surface area (Å²) in [5.41, 5.74) is 0. The van der Waals surface area contributed by atoms with Gasteiger partial charge in [-0.3, -0.25) is 0 Å². The van der Waals surface area contributed by atoms with Gasteiger partial charge in [0.2, 0.25) is 0 Å². The molecule has 4 nitrogen and oxygen atoms in total. The second kappa shape index (κ2) is 5.83. The van der Waals surface area contributed by atoms with Crippen molar-refractivity contribution in [1.82, 2.24) is 15.1 Å². The van der Waals surface area contributed by atoms with Crippen molar-refractivity contribution in [2.24, 2.45) is 0 Å². The van der Waals surface area contributed by atoms with Crippen LogP contribution in [0.1, 0.15) is 6.92 Å². The molecule has 0 aliphatic rings. The van der Waals surface area contributed by atoms with Crippen molar-refractivity contribution in [3.63, 3.8) is 0 Å². The zero-order valence-electron chi connectivity index (χ0n) is 8.42. The lowest BCUT2D eigenvalue weighted by Gasteiger charge is -2.23. The number of rotatable bonds is 4. The highest BCUT2D eigenvalue weighted by Gasteiger charge is 2.10.